The minimum Gasteiger partial charge on any atom is -0.419 e. The minimum atomic E-state index is -0.463. The van der Waals surface area contributed by atoms with Crippen LogP contribution in [0.4, 0.5) is 11.4 Å². The Hall–Kier alpha value is -3.26. The van der Waals surface area contributed by atoms with Crippen molar-refractivity contribution in [2.45, 2.75) is 6.54 Å². The van der Waals surface area contributed by atoms with E-state index in [1.54, 1.807) is 12.1 Å². The van der Waals surface area contributed by atoms with Crippen LogP contribution in [0.3, 0.4) is 0 Å². The number of benzene rings is 2. The summed E-state index contributed by atoms with van der Waals surface area (Å²) in [6.07, 6.45) is 0. The number of nitro groups is 1. The fourth-order valence-corrected chi connectivity index (χ4v) is 2.38. The Balaban J connectivity index is 1.77. The number of aliphatic hydroxyl groups excluding tert-OH is 1. The third-order valence-corrected chi connectivity index (χ3v) is 3.61. The van der Waals surface area contributed by atoms with Gasteiger partial charge < -0.3 is 14.4 Å². The molecule has 0 saturated carbocycles. The van der Waals surface area contributed by atoms with Gasteiger partial charge in [-0.3, -0.25) is 10.1 Å². The first-order valence-corrected chi connectivity index (χ1v) is 7.65. The Kier molecular flexibility index (Phi) is 5.00. The van der Waals surface area contributed by atoms with Crippen molar-refractivity contribution in [1.82, 2.24) is 10.2 Å². The molecule has 8 nitrogen and oxygen atoms in total. The fourth-order valence-electron chi connectivity index (χ4n) is 2.38. The number of rotatable bonds is 7. The highest BCUT2D eigenvalue weighted by Gasteiger charge is 2.14. The van der Waals surface area contributed by atoms with Gasteiger partial charge in [-0.2, -0.15) is 0 Å². The van der Waals surface area contributed by atoms with Crippen molar-refractivity contribution in [1.29, 1.82) is 0 Å². The lowest BCUT2D eigenvalue weighted by Gasteiger charge is -2.21. The highest BCUT2D eigenvalue weighted by atomic mass is 16.6. The summed E-state index contributed by atoms with van der Waals surface area (Å²) in [6, 6.07) is 15.5. The normalized spacial score (nSPS) is 10.6. The number of para-hydroxylation sites is 1. The van der Waals surface area contributed by atoms with Gasteiger partial charge in [0.2, 0.25) is 11.8 Å². The maximum Gasteiger partial charge on any atom is 0.269 e. The molecule has 3 rings (SSSR count). The number of aliphatic hydroxyl groups is 1. The van der Waals surface area contributed by atoms with E-state index in [4.69, 9.17) is 4.42 Å². The summed E-state index contributed by atoms with van der Waals surface area (Å²) in [5.41, 5.74) is 1.55. The summed E-state index contributed by atoms with van der Waals surface area (Å²) in [4.78, 5) is 12.2. The highest BCUT2D eigenvalue weighted by Crippen LogP contribution is 2.22. The second kappa shape index (κ2) is 7.54. The third kappa shape index (κ3) is 3.99. The molecule has 0 aliphatic carbocycles. The lowest BCUT2D eigenvalue weighted by Crippen LogP contribution is -2.26. The molecule has 2 aromatic carbocycles. The summed E-state index contributed by atoms with van der Waals surface area (Å²) in [5.74, 6) is 0.688. The zero-order valence-electron chi connectivity index (χ0n) is 13.3. The molecule has 1 N–H and O–H groups in total. The van der Waals surface area contributed by atoms with Crippen LogP contribution in [0.25, 0.3) is 11.5 Å². The van der Waals surface area contributed by atoms with Gasteiger partial charge in [-0.25, -0.2) is 0 Å². The standard InChI is InChI=1S/C17H16N4O4/c22-11-10-20(14-4-2-1-3-5-14)12-16-18-19-17(25-16)13-6-8-15(9-7-13)21(23)24/h1-9,22H,10-12H2. The number of hydrogen-bond donors (Lipinski definition) is 1. The molecule has 1 aromatic heterocycles. The Morgan fingerprint density at radius 1 is 1.08 bits per heavy atom. The van der Waals surface area contributed by atoms with Crippen LogP contribution in [-0.4, -0.2) is 33.4 Å². The predicted octanol–water partition coefficient (Wildman–Crippen LogP) is 2.64. The van der Waals surface area contributed by atoms with Crippen LogP contribution < -0.4 is 4.90 Å². The van der Waals surface area contributed by atoms with E-state index in [9.17, 15) is 15.2 Å². The minimum absolute atomic E-state index is 0.00156. The molecule has 1 heterocycles. The van der Waals surface area contributed by atoms with Crippen LogP contribution >= 0.6 is 0 Å². The zero-order valence-corrected chi connectivity index (χ0v) is 13.3. The molecule has 0 radical (unpaired) electrons. The van der Waals surface area contributed by atoms with Crippen LogP contribution in [0, 0.1) is 10.1 Å². The summed E-state index contributed by atoms with van der Waals surface area (Å²) in [5, 5.41) is 28.0. The van der Waals surface area contributed by atoms with Gasteiger partial charge in [0.15, 0.2) is 0 Å². The monoisotopic (exact) mass is 340 g/mol. The van der Waals surface area contributed by atoms with E-state index in [-0.39, 0.29) is 12.3 Å². The molecule has 3 aromatic rings. The first-order chi connectivity index (χ1) is 12.2. The predicted molar refractivity (Wildman–Crippen MR) is 91.0 cm³/mol. The molecule has 0 saturated heterocycles. The van der Waals surface area contributed by atoms with Gasteiger partial charge in [0.1, 0.15) is 0 Å². The largest absolute Gasteiger partial charge is 0.419 e. The number of anilines is 1. The van der Waals surface area contributed by atoms with Crippen molar-refractivity contribution in [3.63, 3.8) is 0 Å². The van der Waals surface area contributed by atoms with Crippen LogP contribution in [0.15, 0.2) is 59.0 Å². The lowest BCUT2D eigenvalue weighted by molar-refractivity contribution is -0.384. The molecule has 0 atom stereocenters. The molecule has 0 aliphatic rings. The third-order valence-electron chi connectivity index (χ3n) is 3.61. The van der Waals surface area contributed by atoms with Crippen LogP contribution in [0.5, 0.6) is 0 Å². The van der Waals surface area contributed by atoms with Crippen molar-refractivity contribution in [3.8, 4) is 11.5 Å². The van der Waals surface area contributed by atoms with E-state index < -0.39 is 4.92 Å². The summed E-state index contributed by atoms with van der Waals surface area (Å²) in [6.45, 7) is 0.780. The van der Waals surface area contributed by atoms with Gasteiger partial charge in [0.25, 0.3) is 5.69 Å². The first-order valence-electron chi connectivity index (χ1n) is 7.65. The Morgan fingerprint density at radius 3 is 2.44 bits per heavy atom. The zero-order chi connectivity index (χ0) is 17.6. The Labute approximate surface area is 143 Å². The van der Waals surface area contributed by atoms with Crippen LogP contribution in [0.2, 0.25) is 0 Å². The molecule has 0 aliphatic heterocycles. The lowest BCUT2D eigenvalue weighted by atomic mass is 10.2. The molecule has 0 spiro atoms. The first kappa shape index (κ1) is 16.6. The summed E-state index contributed by atoms with van der Waals surface area (Å²) < 4.78 is 5.65. The van der Waals surface area contributed by atoms with Gasteiger partial charge in [-0.15, -0.1) is 10.2 Å². The van der Waals surface area contributed by atoms with Gasteiger partial charge >= 0.3 is 0 Å². The fraction of sp³-hybridized carbons (Fsp3) is 0.176. The number of non-ortho nitro benzene ring substituents is 1. The topological polar surface area (TPSA) is 106 Å². The smallest absolute Gasteiger partial charge is 0.269 e. The van der Waals surface area contributed by atoms with E-state index >= 15 is 0 Å². The molecule has 0 unspecified atom stereocenters. The number of hydrogen-bond acceptors (Lipinski definition) is 7. The van der Waals surface area contributed by atoms with E-state index in [1.807, 2.05) is 35.2 Å². The molecular formula is C17H16N4O4. The van der Waals surface area contributed by atoms with Crippen molar-refractivity contribution < 1.29 is 14.4 Å². The average molecular weight is 340 g/mol. The van der Waals surface area contributed by atoms with Gasteiger partial charge in [-0.05, 0) is 24.3 Å². The molecule has 0 amide bonds. The molecule has 0 fully saturated rings. The van der Waals surface area contributed by atoms with Crippen molar-refractivity contribution in [2.75, 3.05) is 18.1 Å². The van der Waals surface area contributed by atoms with Crippen LogP contribution in [0.1, 0.15) is 5.89 Å². The van der Waals surface area contributed by atoms with Crippen molar-refractivity contribution >= 4 is 11.4 Å². The maximum absolute atomic E-state index is 10.7. The van der Waals surface area contributed by atoms with E-state index in [2.05, 4.69) is 10.2 Å². The average Bonchev–Trinajstić information content (AvgIpc) is 3.11. The van der Waals surface area contributed by atoms with Gasteiger partial charge in [-0.1, -0.05) is 18.2 Å². The molecule has 128 valence electrons. The van der Waals surface area contributed by atoms with Crippen molar-refractivity contribution in [2.24, 2.45) is 0 Å². The Bertz CT molecular complexity index is 833. The second-order valence-corrected chi connectivity index (χ2v) is 5.29. The van der Waals surface area contributed by atoms with Gasteiger partial charge in [0.05, 0.1) is 18.1 Å². The maximum atomic E-state index is 10.7. The van der Waals surface area contributed by atoms with E-state index in [0.717, 1.165) is 5.69 Å². The van der Waals surface area contributed by atoms with E-state index in [0.29, 0.717) is 30.4 Å². The second-order valence-electron chi connectivity index (χ2n) is 5.29. The molecule has 0 bridgehead atoms. The summed E-state index contributed by atoms with van der Waals surface area (Å²) >= 11 is 0. The molecular weight excluding hydrogens is 324 g/mol. The highest BCUT2D eigenvalue weighted by molar-refractivity contribution is 5.55. The SMILES string of the molecule is O=[N+]([O-])c1ccc(-c2nnc(CN(CCO)c3ccccc3)o2)cc1. The van der Waals surface area contributed by atoms with Crippen molar-refractivity contribution in [3.05, 3.63) is 70.6 Å². The Morgan fingerprint density at radius 2 is 1.80 bits per heavy atom. The summed E-state index contributed by atoms with van der Waals surface area (Å²) in [7, 11) is 0. The number of aromatic nitrogens is 2. The number of nitrogens with zero attached hydrogens (tertiary/aromatic N) is 4. The molecule has 25 heavy (non-hydrogen) atoms. The van der Waals surface area contributed by atoms with E-state index in [1.165, 1.54) is 12.1 Å². The van der Waals surface area contributed by atoms with Crippen LogP contribution in [-0.2, 0) is 6.54 Å². The quantitative estimate of drug-likeness (QED) is 0.520. The van der Waals surface area contributed by atoms with Gasteiger partial charge in [0, 0.05) is 29.9 Å². The number of nitro benzene ring substituents is 1. The molecule has 8 heteroatoms.